The number of likely N-dealkylation sites (tertiary alicyclic amines) is 1. The van der Waals surface area contributed by atoms with Crippen molar-refractivity contribution in [2.45, 2.75) is 45.8 Å². The van der Waals surface area contributed by atoms with Gasteiger partial charge in [0, 0.05) is 25.2 Å². The molecule has 0 aliphatic carbocycles. The largest absolute Gasteiger partial charge is 0.392 e. The Morgan fingerprint density at radius 2 is 2.00 bits per heavy atom. The molecule has 120 valence electrons. The van der Waals surface area contributed by atoms with Gasteiger partial charge >= 0.3 is 0 Å². The van der Waals surface area contributed by atoms with Crippen LogP contribution < -0.4 is 5.32 Å². The van der Waals surface area contributed by atoms with Crippen LogP contribution in [0, 0.1) is 5.92 Å². The summed E-state index contributed by atoms with van der Waals surface area (Å²) >= 11 is 0. The lowest BCUT2D eigenvalue weighted by molar-refractivity contribution is -0.128. The highest BCUT2D eigenvalue weighted by Crippen LogP contribution is 2.16. The Balaban J connectivity index is 1.86. The Labute approximate surface area is 131 Å². The standard InChI is InChI=1S/C17H24N2O3/c1-12(2)15(20)10-16(21)18-14-7-5-13(6-8-14)11-19-9-3-4-17(19)22/h5-8,12,15,20H,3-4,9-11H2,1-2H3,(H,18,21). The quantitative estimate of drug-likeness (QED) is 0.846. The van der Waals surface area contributed by atoms with Crippen LogP contribution in [0.4, 0.5) is 5.69 Å². The molecule has 0 radical (unpaired) electrons. The van der Waals surface area contributed by atoms with E-state index >= 15 is 0 Å². The molecule has 0 spiro atoms. The third kappa shape index (κ3) is 4.56. The van der Waals surface area contributed by atoms with Crippen LogP contribution in [-0.2, 0) is 16.1 Å². The monoisotopic (exact) mass is 304 g/mol. The summed E-state index contributed by atoms with van der Waals surface area (Å²) in [6, 6.07) is 7.49. The zero-order chi connectivity index (χ0) is 16.1. The molecule has 0 aromatic heterocycles. The summed E-state index contributed by atoms with van der Waals surface area (Å²) in [5.74, 6) is 0.0786. The van der Waals surface area contributed by atoms with Crippen LogP contribution in [0.25, 0.3) is 0 Å². The molecule has 1 aromatic rings. The maximum absolute atomic E-state index is 11.8. The van der Waals surface area contributed by atoms with E-state index in [0.717, 1.165) is 18.5 Å². The predicted octanol–water partition coefficient (Wildman–Crippen LogP) is 2.15. The minimum atomic E-state index is -0.625. The fraction of sp³-hybridized carbons (Fsp3) is 0.529. The summed E-state index contributed by atoms with van der Waals surface area (Å²) in [7, 11) is 0. The molecule has 1 unspecified atom stereocenters. The molecular formula is C17H24N2O3. The van der Waals surface area contributed by atoms with Gasteiger partial charge in [-0.2, -0.15) is 0 Å². The van der Waals surface area contributed by atoms with Crippen molar-refractivity contribution in [3.63, 3.8) is 0 Å². The van der Waals surface area contributed by atoms with Gasteiger partial charge in [0.05, 0.1) is 12.5 Å². The van der Waals surface area contributed by atoms with Crippen LogP contribution in [0.15, 0.2) is 24.3 Å². The Kier molecular flexibility index (Phi) is 5.55. The molecule has 2 N–H and O–H groups in total. The molecule has 1 atom stereocenters. The van der Waals surface area contributed by atoms with Crippen molar-refractivity contribution in [1.82, 2.24) is 4.90 Å². The number of benzene rings is 1. The van der Waals surface area contributed by atoms with E-state index in [1.165, 1.54) is 0 Å². The Morgan fingerprint density at radius 3 is 2.55 bits per heavy atom. The van der Waals surface area contributed by atoms with Crippen molar-refractivity contribution in [2.75, 3.05) is 11.9 Å². The average Bonchev–Trinajstić information content (AvgIpc) is 2.86. The van der Waals surface area contributed by atoms with Gasteiger partial charge in [-0.05, 0) is 30.0 Å². The van der Waals surface area contributed by atoms with Gasteiger partial charge in [0.25, 0.3) is 0 Å². The second-order valence-electron chi connectivity index (χ2n) is 6.18. The minimum Gasteiger partial charge on any atom is -0.392 e. The van der Waals surface area contributed by atoms with Crippen LogP contribution in [-0.4, -0.2) is 34.5 Å². The first-order valence-corrected chi connectivity index (χ1v) is 7.80. The third-order valence-corrected chi connectivity index (χ3v) is 3.95. The molecular weight excluding hydrogens is 280 g/mol. The number of carbonyl (C=O) groups is 2. The van der Waals surface area contributed by atoms with E-state index in [1.807, 2.05) is 43.0 Å². The van der Waals surface area contributed by atoms with Crippen molar-refractivity contribution in [1.29, 1.82) is 0 Å². The molecule has 0 saturated carbocycles. The van der Waals surface area contributed by atoms with Gasteiger partial charge in [0.2, 0.25) is 11.8 Å². The maximum Gasteiger partial charge on any atom is 0.226 e. The van der Waals surface area contributed by atoms with Crippen LogP contribution in [0.1, 0.15) is 38.7 Å². The number of aliphatic hydroxyl groups excluding tert-OH is 1. The molecule has 1 saturated heterocycles. The van der Waals surface area contributed by atoms with Gasteiger partial charge in [-0.1, -0.05) is 26.0 Å². The number of rotatable bonds is 6. The molecule has 0 bridgehead atoms. The van der Waals surface area contributed by atoms with E-state index in [9.17, 15) is 14.7 Å². The van der Waals surface area contributed by atoms with Crippen LogP contribution in [0.5, 0.6) is 0 Å². The number of carbonyl (C=O) groups excluding carboxylic acids is 2. The Hall–Kier alpha value is -1.88. The molecule has 2 amide bonds. The smallest absolute Gasteiger partial charge is 0.226 e. The van der Waals surface area contributed by atoms with Crippen LogP contribution in [0.3, 0.4) is 0 Å². The van der Waals surface area contributed by atoms with Crippen LogP contribution in [0.2, 0.25) is 0 Å². The zero-order valence-electron chi connectivity index (χ0n) is 13.2. The number of hydrogen-bond acceptors (Lipinski definition) is 3. The van der Waals surface area contributed by atoms with Crippen molar-refractivity contribution >= 4 is 17.5 Å². The lowest BCUT2D eigenvalue weighted by Gasteiger charge is -2.16. The van der Waals surface area contributed by atoms with Gasteiger partial charge in [-0.25, -0.2) is 0 Å². The van der Waals surface area contributed by atoms with Gasteiger partial charge < -0.3 is 15.3 Å². The van der Waals surface area contributed by atoms with Gasteiger partial charge in [-0.3, -0.25) is 9.59 Å². The molecule has 5 nitrogen and oxygen atoms in total. The summed E-state index contributed by atoms with van der Waals surface area (Å²) in [5.41, 5.74) is 1.76. The number of nitrogens with zero attached hydrogens (tertiary/aromatic N) is 1. The summed E-state index contributed by atoms with van der Waals surface area (Å²) in [5, 5.41) is 12.5. The lowest BCUT2D eigenvalue weighted by atomic mass is 10.0. The molecule has 1 aliphatic heterocycles. The zero-order valence-corrected chi connectivity index (χ0v) is 13.2. The molecule has 1 fully saturated rings. The van der Waals surface area contributed by atoms with Gasteiger partial charge in [0.1, 0.15) is 0 Å². The second-order valence-corrected chi connectivity index (χ2v) is 6.18. The number of amides is 2. The summed E-state index contributed by atoms with van der Waals surface area (Å²) in [6.07, 6.45) is 1.06. The highest BCUT2D eigenvalue weighted by molar-refractivity contribution is 5.91. The van der Waals surface area contributed by atoms with E-state index in [2.05, 4.69) is 5.32 Å². The van der Waals surface area contributed by atoms with E-state index in [1.54, 1.807) is 0 Å². The van der Waals surface area contributed by atoms with Gasteiger partial charge in [0.15, 0.2) is 0 Å². The Bertz CT molecular complexity index is 525. The number of hydrogen-bond donors (Lipinski definition) is 2. The van der Waals surface area contributed by atoms with Crippen LogP contribution >= 0.6 is 0 Å². The molecule has 22 heavy (non-hydrogen) atoms. The fourth-order valence-electron chi connectivity index (χ4n) is 2.42. The van der Waals surface area contributed by atoms with E-state index < -0.39 is 6.10 Å². The van der Waals surface area contributed by atoms with Crippen molar-refractivity contribution in [3.8, 4) is 0 Å². The number of anilines is 1. The van der Waals surface area contributed by atoms with E-state index in [-0.39, 0.29) is 24.2 Å². The molecule has 2 rings (SSSR count). The SMILES string of the molecule is CC(C)C(O)CC(=O)Nc1ccc(CN2CCCC2=O)cc1. The normalized spacial score (nSPS) is 16.2. The van der Waals surface area contributed by atoms with Crippen molar-refractivity contribution < 1.29 is 14.7 Å². The minimum absolute atomic E-state index is 0.0612. The number of nitrogens with one attached hydrogen (secondary N) is 1. The summed E-state index contributed by atoms with van der Waals surface area (Å²) < 4.78 is 0. The fourth-order valence-corrected chi connectivity index (χ4v) is 2.42. The number of aliphatic hydroxyl groups is 1. The predicted molar refractivity (Wildman–Crippen MR) is 85.2 cm³/mol. The van der Waals surface area contributed by atoms with Gasteiger partial charge in [-0.15, -0.1) is 0 Å². The van der Waals surface area contributed by atoms with E-state index in [4.69, 9.17) is 0 Å². The lowest BCUT2D eigenvalue weighted by Crippen LogP contribution is -2.24. The molecule has 1 heterocycles. The highest BCUT2D eigenvalue weighted by atomic mass is 16.3. The van der Waals surface area contributed by atoms with Crippen molar-refractivity contribution in [3.05, 3.63) is 29.8 Å². The molecule has 5 heteroatoms. The highest BCUT2D eigenvalue weighted by Gasteiger charge is 2.20. The average molecular weight is 304 g/mol. The molecule has 1 aromatic carbocycles. The molecule has 1 aliphatic rings. The third-order valence-electron chi connectivity index (χ3n) is 3.95. The van der Waals surface area contributed by atoms with Crippen molar-refractivity contribution in [2.24, 2.45) is 5.92 Å². The maximum atomic E-state index is 11.8. The topological polar surface area (TPSA) is 69.6 Å². The second kappa shape index (κ2) is 7.40. The first-order valence-electron chi connectivity index (χ1n) is 7.80. The first kappa shape index (κ1) is 16.5. The Morgan fingerprint density at radius 1 is 1.32 bits per heavy atom. The van der Waals surface area contributed by atoms with E-state index in [0.29, 0.717) is 18.7 Å². The first-order chi connectivity index (χ1) is 10.5. The summed E-state index contributed by atoms with van der Waals surface area (Å²) in [6.45, 7) is 5.21. The summed E-state index contributed by atoms with van der Waals surface area (Å²) in [4.78, 5) is 25.3.